The number of hydrogen-bond donors (Lipinski definition) is 1. The highest BCUT2D eigenvalue weighted by Crippen LogP contribution is 2.21. The summed E-state index contributed by atoms with van der Waals surface area (Å²) >= 11 is 0. The van der Waals surface area contributed by atoms with Gasteiger partial charge in [-0.05, 0) is 43.7 Å². The lowest BCUT2D eigenvalue weighted by molar-refractivity contribution is 0.248. The van der Waals surface area contributed by atoms with Crippen LogP contribution in [0.25, 0.3) is 10.9 Å². The number of nitrogens with one attached hydrogen (secondary N) is 1. The second-order valence-electron chi connectivity index (χ2n) is 7.71. The Morgan fingerprint density at radius 3 is 2.52 bits per heavy atom. The molecule has 0 aliphatic carbocycles. The van der Waals surface area contributed by atoms with Gasteiger partial charge in [-0.3, -0.25) is 9.69 Å². The molecule has 0 unspecified atom stereocenters. The van der Waals surface area contributed by atoms with Crippen molar-refractivity contribution in [3.8, 4) is 5.75 Å². The van der Waals surface area contributed by atoms with E-state index in [0.717, 1.165) is 55.1 Å². The molecule has 0 radical (unpaired) electrons. The number of piperazine rings is 1. The number of para-hydroxylation sites is 1. The van der Waals surface area contributed by atoms with Crippen molar-refractivity contribution in [2.45, 2.75) is 26.8 Å². The lowest BCUT2D eigenvalue weighted by atomic mass is 10.1. The molecule has 1 saturated heterocycles. The first kappa shape index (κ1) is 19.5. The number of nitrogens with zero attached hydrogens (tertiary/aromatic N) is 2. The van der Waals surface area contributed by atoms with E-state index >= 15 is 0 Å². The Morgan fingerprint density at radius 2 is 1.79 bits per heavy atom. The predicted molar refractivity (Wildman–Crippen MR) is 119 cm³/mol. The third kappa shape index (κ3) is 4.30. The maximum Gasteiger partial charge on any atom is 0.194 e. The van der Waals surface area contributed by atoms with Gasteiger partial charge >= 0.3 is 0 Å². The van der Waals surface area contributed by atoms with E-state index in [4.69, 9.17) is 4.74 Å². The van der Waals surface area contributed by atoms with Gasteiger partial charge in [0.2, 0.25) is 0 Å². The molecule has 2 heterocycles. The summed E-state index contributed by atoms with van der Waals surface area (Å²) in [5.74, 6) is 0.760. The maximum absolute atomic E-state index is 13.2. The van der Waals surface area contributed by atoms with Crippen molar-refractivity contribution < 1.29 is 4.74 Å². The topological polar surface area (TPSA) is 48.6 Å². The van der Waals surface area contributed by atoms with E-state index in [0.29, 0.717) is 18.5 Å². The highest BCUT2D eigenvalue weighted by atomic mass is 16.5. The van der Waals surface area contributed by atoms with E-state index in [1.165, 1.54) is 5.69 Å². The lowest BCUT2D eigenvalue weighted by Crippen LogP contribution is -2.46. The van der Waals surface area contributed by atoms with Crippen LogP contribution >= 0.6 is 0 Å². The highest BCUT2D eigenvalue weighted by molar-refractivity contribution is 5.81. The lowest BCUT2D eigenvalue weighted by Gasteiger charge is -2.36. The fraction of sp³-hybridized carbons (Fsp3) is 0.375. The molecule has 0 saturated carbocycles. The van der Waals surface area contributed by atoms with Gasteiger partial charge in [0.15, 0.2) is 5.43 Å². The van der Waals surface area contributed by atoms with Crippen molar-refractivity contribution in [1.29, 1.82) is 0 Å². The zero-order valence-corrected chi connectivity index (χ0v) is 17.3. The number of benzene rings is 2. The van der Waals surface area contributed by atoms with E-state index in [1.807, 2.05) is 31.2 Å². The Labute approximate surface area is 171 Å². The summed E-state index contributed by atoms with van der Waals surface area (Å²) in [5, 5.41) is 0.710. The molecule has 3 aromatic rings. The molecule has 152 valence electrons. The first-order chi connectivity index (χ1) is 14.2. The molecule has 1 N–H and O–H groups in total. The van der Waals surface area contributed by atoms with Gasteiger partial charge in [0.25, 0.3) is 0 Å². The number of anilines is 1. The van der Waals surface area contributed by atoms with Crippen LogP contribution in [0.4, 0.5) is 5.69 Å². The molecule has 2 aromatic carbocycles. The molecule has 1 aliphatic heterocycles. The summed E-state index contributed by atoms with van der Waals surface area (Å²) in [4.78, 5) is 21.4. The number of pyridine rings is 1. The molecule has 0 amide bonds. The average molecular weight is 392 g/mol. The van der Waals surface area contributed by atoms with Gasteiger partial charge in [-0.25, -0.2) is 0 Å². The maximum atomic E-state index is 13.2. The van der Waals surface area contributed by atoms with Crippen LogP contribution in [0.5, 0.6) is 5.75 Å². The molecule has 1 aromatic heterocycles. The normalized spacial score (nSPS) is 15.0. The predicted octanol–water partition coefficient (Wildman–Crippen LogP) is 3.95. The summed E-state index contributed by atoms with van der Waals surface area (Å²) in [7, 11) is 0. The van der Waals surface area contributed by atoms with Gasteiger partial charge < -0.3 is 14.6 Å². The molecular weight excluding hydrogens is 362 g/mol. The number of ether oxygens (including phenoxy) is 1. The van der Waals surface area contributed by atoms with Crippen molar-refractivity contribution in [3.63, 3.8) is 0 Å². The first-order valence-corrected chi connectivity index (χ1v) is 10.5. The van der Waals surface area contributed by atoms with Gasteiger partial charge in [-0.15, -0.1) is 0 Å². The largest absolute Gasteiger partial charge is 0.494 e. The Balaban J connectivity index is 1.51. The van der Waals surface area contributed by atoms with Crippen LogP contribution < -0.4 is 15.1 Å². The number of aryl methyl sites for hydroxylation is 1. The van der Waals surface area contributed by atoms with Crippen molar-refractivity contribution in [3.05, 3.63) is 70.0 Å². The summed E-state index contributed by atoms with van der Waals surface area (Å²) in [5.41, 5.74) is 4.07. The minimum Gasteiger partial charge on any atom is -0.494 e. The molecule has 4 rings (SSSR count). The minimum atomic E-state index is 0.115. The zero-order valence-electron chi connectivity index (χ0n) is 17.3. The van der Waals surface area contributed by atoms with Gasteiger partial charge in [0, 0.05) is 60.6 Å². The van der Waals surface area contributed by atoms with Crippen LogP contribution in [-0.4, -0.2) is 42.7 Å². The molecule has 29 heavy (non-hydrogen) atoms. The third-order valence-corrected chi connectivity index (χ3v) is 5.63. The summed E-state index contributed by atoms with van der Waals surface area (Å²) in [6.07, 6.45) is 0.947. The fourth-order valence-electron chi connectivity index (χ4n) is 3.96. The quantitative estimate of drug-likeness (QED) is 0.691. The number of rotatable bonds is 6. The Bertz CT molecular complexity index is 1020. The molecular formula is C24H29N3O2. The molecule has 0 spiro atoms. The van der Waals surface area contributed by atoms with Crippen LogP contribution in [0.1, 0.15) is 24.6 Å². The molecule has 5 nitrogen and oxygen atoms in total. The van der Waals surface area contributed by atoms with Crippen molar-refractivity contribution in [2.24, 2.45) is 0 Å². The molecule has 0 bridgehead atoms. The Morgan fingerprint density at radius 1 is 1.03 bits per heavy atom. The van der Waals surface area contributed by atoms with E-state index in [1.54, 1.807) is 0 Å². The second kappa shape index (κ2) is 8.70. The summed E-state index contributed by atoms with van der Waals surface area (Å²) in [6.45, 7) is 9.27. The van der Waals surface area contributed by atoms with Crippen LogP contribution in [0, 0.1) is 6.92 Å². The highest BCUT2D eigenvalue weighted by Gasteiger charge is 2.20. The molecule has 1 fully saturated rings. The first-order valence-electron chi connectivity index (χ1n) is 10.5. The second-order valence-corrected chi connectivity index (χ2v) is 7.71. The van der Waals surface area contributed by atoms with E-state index in [2.05, 4.69) is 46.0 Å². The Hall–Kier alpha value is -2.79. The zero-order chi connectivity index (χ0) is 20.2. The fourth-order valence-corrected chi connectivity index (χ4v) is 3.96. The van der Waals surface area contributed by atoms with Crippen LogP contribution in [0.2, 0.25) is 0 Å². The van der Waals surface area contributed by atoms with Crippen LogP contribution in [0.15, 0.2) is 53.3 Å². The van der Waals surface area contributed by atoms with E-state index < -0.39 is 0 Å². The van der Waals surface area contributed by atoms with Gasteiger partial charge in [0.1, 0.15) is 5.75 Å². The molecule has 1 aliphatic rings. The van der Waals surface area contributed by atoms with Crippen LogP contribution in [-0.2, 0) is 6.54 Å². The van der Waals surface area contributed by atoms with Crippen molar-refractivity contribution >= 4 is 16.6 Å². The van der Waals surface area contributed by atoms with Gasteiger partial charge in [-0.1, -0.05) is 25.1 Å². The number of fused-ring (bicyclic) bond motifs is 1. The third-order valence-electron chi connectivity index (χ3n) is 5.63. The average Bonchev–Trinajstić information content (AvgIpc) is 2.76. The molecule has 0 atom stereocenters. The van der Waals surface area contributed by atoms with Crippen molar-refractivity contribution in [2.75, 3.05) is 37.7 Å². The number of H-pyrrole nitrogens is 1. The molecule has 5 heteroatoms. The summed E-state index contributed by atoms with van der Waals surface area (Å²) in [6, 6.07) is 16.3. The Kier molecular flexibility index (Phi) is 5.86. The van der Waals surface area contributed by atoms with Gasteiger partial charge in [-0.2, -0.15) is 0 Å². The van der Waals surface area contributed by atoms with Crippen molar-refractivity contribution in [1.82, 2.24) is 9.88 Å². The number of aromatic amines is 1. The van der Waals surface area contributed by atoms with Gasteiger partial charge in [0.05, 0.1) is 6.61 Å². The smallest absolute Gasteiger partial charge is 0.194 e. The monoisotopic (exact) mass is 391 g/mol. The summed E-state index contributed by atoms with van der Waals surface area (Å²) < 4.78 is 5.72. The van der Waals surface area contributed by atoms with E-state index in [-0.39, 0.29) is 5.43 Å². The van der Waals surface area contributed by atoms with Crippen LogP contribution in [0.3, 0.4) is 0 Å². The minimum absolute atomic E-state index is 0.115. The van der Waals surface area contributed by atoms with E-state index in [9.17, 15) is 4.79 Å². The number of aromatic nitrogens is 1. The standard InChI is InChI=1S/C24H29N3O2/c1-3-15-29-20-9-10-23-21(16-20)24(28)22(18(2)25-23)17-26-11-13-27(14-12-26)19-7-5-4-6-8-19/h4-10,16H,3,11-15,17H2,1-2H3,(H,25,28). The SMILES string of the molecule is CCCOc1ccc2[nH]c(C)c(CN3CCN(c4ccccc4)CC3)c(=O)c2c1. The number of hydrogen-bond acceptors (Lipinski definition) is 4.